The minimum absolute atomic E-state index is 0.0956. The van der Waals surface area contributed by atoms with E-state index in [1.165, 1.54) is 18.6 Å². The van der Waals surface area contributed by atoms with Crippen LogP contribution in [0.2, 0.25) is 0 Å². The molecule has 0 radical (unpaired) electrons. The highest BCUT2D eigenvalue weighted by Crippen LogP contribution is 2.61. The quantitative estimate of drug-likeness (QED) is 0.424. The smallest absolute Gasteiger partial charge is 0.328 e. The van der Waals surface area contributed by atoms with E-state index in [4.69, 9.17) is 9.84 Å². The summed E-state index contributed by atoms with van der Waals surface area (Å²) < 4.78 is 5.30. The standard InChI is InChI=1S/C22H32O5/c1-14(12-20(25)26)6-8-17-15(2)7-9-18-21(17,4)11-10-19(24)22(18,5)13-27-16(3)23/h12,17-18H,2,6-11,13H2,1,3-5H3,(H,25,26). The van der Waals surface area contributed by atoms with Crippen LogP contribution in [0.5, 0.6) is 0 Å². The van der Waals surface area contributed by atoms with Crippen LogP contribution in [0.15, 0.2) is 23.8 Å². The molecular weight excluding hydrogens is 344 g/mol. The third-order valence-electron chi connectivity index (χ3n) is 6.91. The number of Topliss-reactive ketones (excluding diaryl/α,β-unsaturated/α-hetero) is 1. The van der Waals surface area contributed by atoms with Crippen molar-refractivity contribution in [2.75, 3.05) is 6.61 Å². The van der Waals surface area contributed by atoms with Gasteiger partial charge in [0.05, 0.1) is 5.41 Å². The predicted octanol–water partition coefficient (Wildman–Crippen LogP) is 4.32. The molecule has 0 bridgehead atoms. The molecule has 0 amide bonds. The van der Waals surface area contributed by atoms with Gasteiger partial charge < -0.3 is 9.84 Å². The molecule has 5 nitrogen and oxygen atoms in total. The molecule has 2 saturated carbocycles. The molecule has 2 aliphatic carbocycles. The number of allylic oxidation sites excluding steroid dienone is 2. The Labute approximate surface area is 161 Å². The Hall–Kier alpha value is -1.91. The van der Waals surface area contributed by atoms with Gasteiger partial charge in [0.2, 0.25) is 0 Å². The maximum atomic E-state index is 12.8. The fraction of sp³-hybridized carbons (Fsp3) is 0.682. The molecule has 5 heteroatoms. The number of fused-ring (bicyclic) bond motifs is 1. The minimum atomic E-state index is -0.920. The number of hydrogen-bond acceptors (Lipinski definition) is 4. The Bertz CT molecular complexity index is 676. The highest BCUT2D eigenvalue weighted by atomic mass is 16.5. The highest BCUT2D eigenvalue weighted by molar-refractivity contribution is 5.86. The fourth-order valence-corrected chi connectivity index (χ4v) is 5.42. The van der Waals surface area contributed by atoms with Crippen LogP contribution < -0.4 is 0 Å². The minimum Gasteiger partial charge on any atom is -0.478 e. The summed E-state index contributed by atoms with van der Waals surface area (Å²) in [5.74, 6) is -0.735. The van der Waals surface area contributed by atoms with Crippen molar-refractivity contribution in [2.24, 2.45) is 22.7 Å². The summed E-state index contributed by atoms with van der Waals surface area (Å²) in [7, 11) is 0. The van der Waals surface area contributed by atoms with Gasteiger partial charge >= 0.3 is 11.9 Å². The Morgan fingerprint density at radius 2 is 1.96 bits per heavy atom. The Morgan fingerprint density at radius 1 is 1.30 bits per heavy atom. The number of carboxylic acids is 1. The van der Waals surface area contributed by atoms with Gasteiger partial charge in [0.1, 0.15) is 12.4 Å². The monoisotopic (exact) mass is 376 g/mol. The van der Waals surface area contributed by atoms with Gasteiger partial charge in [-0.1, -0.05) is 24.6 Å². The molecule has 2 rings (SSSR count). The van der Waals surface area contributed by atoms with Crippen LogP contribution in [-0.2, 0) is 19.1 Å². The van der Waals surface area contributed by atoms with Crippen molar-refractivity contribution in [2.45, 2.75) is 66.2 Å². The predicted molar refractivity (Wildman–Crippen MR) is 103 cm³/mol. The SMILES string of the molecule is C=C1CCC2C(C)(COC(C)=O)C(=O)CCC2(C)C1CCC(C)=CC(=O)O. The zero-order chi connectivity index (χ0) is 20.4. The normalized spacial score (nSPS) is 34.1. The van der Waals surface area contributed by atoms with Gasteiger partial charge in [-0.3, -0.25) is 9.59 Å². The molecule has 0 heterocycles. The van der Waals surface area contributed by atoms with Crippen LogP contribution in [0.3, 0.4) is 0 Å². The van der Waals surface area contributed by atoms with E-state index in [0.717, 1.165) is 31.3 Å². The second-order valence-corrected chi connectivity index (χ2v) is 8.80. The number of carbonyl (C=O) groups excluding carboxylic acids is 2. The van der Waals surface area contributed by atoms with E-state index in [9.17, 15) is 14.4 Å². The van der Waals surface area contributed by atoms with Gasteiger partial charge in [0.15, 0.2) is 0 Å². The van der Waals surface area contributed by atoms with E-state index in [1.54, 1.807) is 0 Å². The van der Waals surface area contributed by atoms with Crippen molar-refractivity contribution in [3.63, 3.8) is 0 Å². The van der Waals surface area contributed by atoms with Crippen molar-refractivity contribution in [1.29, 1.82) is 0 Å². The lowest BCUT2D eigenvalue weighted by Crippen LogP contribution is -2.56. The highest BCUT2D eigenvalue weighted by Gasteiger charge is 2.58. The van der Waals surface area contributed by atoms with Gasteiger partial charge in [-0.15, -0.1) is 0 Å². The average molecular weight is 376 g/mol. The van der Waals surface area contributed by atoms with Crippen molar-refractivity contribution < 1.29 is 24.2 Å². The lowest BCUT2D eigenvalue weighted by atomic mass is 9.46. The van der Waals surface area contributed by atoms with E-state index in [0.29, 0.717) is 12.8 Å². The number of ketones is 1. The number of carbonyl (C=O) groups is 3. The van der Waals surface area contributed by atoms with E-state index >= 15 is 0 Å². The number of aliphatic carboxylic acids is 1. The summed E-state index contributed by atoms with van der Waals surface area (Å²) in [4.78, 5) is 35.1. The number of carboxylic acid groups (broad SMARTS) is 1. The van der Waals surface area contributed by atoms with Crippen LogP contribution >= 0.6 is 0 Å². The number of rotatable bonds is 6. The molecule has 2 fully saturated rings. The summed E-state index contributed by atoms with van der Waals surface area (Å²) in [6.07, 6.45) is 5.82. The number of ether oxygens (including phenoxy) is 1. The van der Waals surface area contributed by atoms with Gasteiger partial charge in [-0.2, -0.15) is 0 Å². The first kappa shape index (κ1) is 21.4. The van der Waals surface area contributed by atoms with E-state index < -0.39 is 11.4 Å². The summed E-state index contributed by atoms with van der Waals surface area (Å²) in [6, 6.07) is 0. The van der Waals surface area contributed by atoms with Crippen LogP contribution in [0, 0.1) is 22.7 Å². The molecule has 150 valence electrons. The molecule has 0 aromatic carbocycles. The van der Waals surface area contributed by atoms with Crippen LogP contribution in [0.25, 0.3) is 0 Å². The first-order valence-corrected chi connectivity index (χ1v) is 9.75. The second kappa shape index (κ2) is 7.99. The summed E-state index contributed by atoms with van der Waals surface area (Å²) in [6.45, 7) is 11.8. The lowest BCUT2D eigenvalue weighted by Gasteiger charge is -2.57. The third-order valence-corrected chi connectivity index (χ3v) is 6.91. The fourth-order valence-electron chi connectivity index (χ4n) is 5.42. The van der Waals surface area contributed by atoms with E-state index in [1.807, 2.05) is 13.8 Å². The molecule has 2 aliphatic rings. The molecular formula is C22H32O5. The van der Waals surface area contributed by atoms with Crippen LogP contribution in [-0.4, -0.2) is 29.4 Å². The number of esters is 1. The zero-order valence-corrected chi connectivity index (χ0v) is 17.0. The summed E-state index contributed by atoms with van der Waals surface area (Å²) in [5, 5.41) is 8.94. The first-order valence-electron chi connectivity index (χ1n) is 9.75. The molecule has 0 saturated heterocycles. The average Bonchev–Trinajstić information content (AvgIpc) is 2.55. The topological polar surface area (TPSA) is 80.7 Å². The maximum Gasteiger partial charge on any atom is 0.328 e. The molecule has 4 unspecified atom stereocenters. The van der Waals surface area contributed by atoms with E-state index in [-0.39, 0.29) is 35.6 Å². The molecule has 27 heavy (non-hydrogen) atoms. The molecule has 0 aromatic rings. The molecule has 0 aromatic heterocycles. The lowest BCUT2D eigenvalue weighted by molar-refractivity contribution is -0.162. The van der Waals surface area contributed by atoms with Crippen molar-refractivity contribution in [3.05, 3.63) is 23.8 Å². The molecule has 4 atom stereocenters. The van der Waals surface area contributed by atoms with Crippen molar-refractivity contribution in [1.82, 2.24) is 0 Å². The van der Waals surface area contributed by atoms with Gasteiger partial charge in [0.25, 0.3) is 0 Å². The van der Waals surface area contributed by atoms with Gasteiger partial charge in [0, 0.05) is 19.4 Å². The van der Waals surface area contributed by atoms with Gasteiger partial charge in [-0.05, 0) is 63.2 Å². The Kier molecular flexibility index (Phi) is 6.33. The first-order chi connectivity index (χ1) is 12.5. The van der Waals surface area contributed by atoms with Crippen molar-refractivity contribution in [3.8, 4) is 0 Å². The van der Waals surface area contributed by atoms with Crippen molar-refractivity contribution >= 4 is 17.7 Å². The third kappa shape index (κ3) is 4.33. The summed E-state index contributed by atoms with van der Waals surface area (Å²) in [5.41, 5.74) is 1.28. The summed E-state index contributed by atoms with van der Waals surface area (Å²) >= 11 is 0. The zero-order valence-electron chi connectivity index (χ0n) is 17.0. The molecule has 1 N–H and O–H groups in total. The molecule has 0 spiro atoms. The van der Waals surface area contributed by atoms with Gasteiger partial charge in [-0.25, -0.2) is 4.79 Å². The molecule has 0 aliphatic heterocycles. The van der Waals surface area contributed by atoms with Crippen LogP contribution in [0.4, 0.5) is 0 Å². The van der Waals surface area contributed by atoms with E-state index in [2.05, 4.69) is 13.5 Å². The number of hydrogen-bond donors (Lipinski definition) is 1. The van der Waals surface area contributed by atoms with Crippen LogP contribution in [0.1, 0.15) is 66.2 Å². The Balaban J connectivity index is 2.27. The largest absolute Gasteiger partial charge is 0.478 e. The maximum absolute atomic E-state index is 12.8. The second-order valence-electron chi connectivity index (χ2n) is 8.80. The Morgan fingerprint density at radius 3 is 2.56 bits per heavy atom.